The van der Waals surface area contributed by atoms with Crippen LogP contribution in [0, 0.1) is 11.7 Å². The molecule has 104 valence electrons. The molecule has 2 N–H and O–H groups in total. The fourth-order valence-electron chi connectivity index (χ4n) is 2.84. The van der Waals surface area contributed by atoms with Gasteiger partial charge in [0.1, 0.15) is 17.7 Å². The number of hydrogen-bond acceptors (Lipinski definition) is 4. The monoisotopic (exact) mass is 284 g/mol. The van der Waals surface area contributed by atoms with Crippen molar-refractivity contribution in [1.29, 1.82) is 0 Å². The number of halogens is 1. The second kappa shape index (κ2) is 4.65. The zero-order valence-electron chi connectivity index (χ0n) is 10.4. The van der Waals surface area contributed by atoms with Gasteiger partial charge in [0.05, 0.1) is 10.9 Å². The Kier molecular flexibility index (Phi) is 3.23. The SMILES string of the molecule is OCC1C[C@@]1(O)C(S)[C@@H]1CCc2cc(F)ccc2O1. The molecular weight excluding hydrogens is 267 g/mol. The lowest BCUT2D eigenvalue weighted by molar-refractivity contribution is 0.0562. The number of benzene rings is 1. The number of rotatable bonds is 3. The molecule has 1 aromatic rings. The molecule has 1 heterocycles. The Morgan fingerprint density at radius 2 is 2.32 bits per heavy atom. The Labute approximate surface area is 116 Å². The van der Waals surface area contributed by atoms with Crippen LogP contribution < -0.4 is 4.74 Å². The van der Waals surface area contributed by atoms with Crippen molar-refractivity contribution in [2.24, 2.45) is 5.92 Å². The summed E-state index contributed by atoms with van der Waals surface area (Å²) in [6.07, 6.45) is 1.77. The highest BCUT2D eigenvalue weighted by Gasteiger charge is 2.59. The molecule has 1 fully saturated rings. The van der Waals surface area contributed by atoms with E-state index in [-0.39, 0.29) is 29.7 Å². The average molecular weight is 284 g/mol. The molecule has 5 heteroatoms. The molecule has 0 amide bonds. The van der Waals surface area contributed by atoms with Crippen LogP contribution in [0.3, 0.4) is 0 Å². The lowest BCUT2D eigenvalue weighted by Gasteiger charge is -2.32. The van der Waals surface area contributed by atoms with Gasteiger partial charge in [-0.05, 0) is 43.0 Å². The van der Waals surface area contributed by atoms with Crippen molar-refractivity contribution >= 4 is 12.6 Å². The van der Waals surface area contributed by atoms with Gasteiger partial charge in [-0.3, -0.25) is 0 Å². The Hall–Kier alpha value is -0.780. The van der Waals surface area contributed by atoms with Crippen molar-refractivity contribution in [2.45, 2.75) is 36.2 Å². The van der Waals surface area contributed by atoms with E-state index in [1.165, 1.54) is 12.1 Å². The second-order valence-corrected chi connectivity index (χ2v) is 6.02. The maximum absolute atomic E-state index is 13.1. The Balaban J connectivity index is 1.74. The number of thiol groups is 1. The third kappa shape index (κ3) is 2.24. The first-order valence-corrected chi connectivity index (χ1v) is 7.02. The summed E-state index contributed by atoms with van der Waals surface area (Å²) in [5.41, 5.74) is -0.0710. The molecule has 0 spiro atoms. The van der Waals surface area contributed by atoms with Gasteiger partial charge in [0.15, 0.2) is 0 Å². The van der Waals surface area contributed by atoms with E-state index in [9.17, 15) is 9.50 Å². The maximum atomic E-state index is 13.1. The van der Waals surface area contributed by atoms with E-state index in [4.69, 9.17) is 9.84 Å². The first kappa shape index (κ1) is 13.2. The molecule has 3 nitrogen and oxygen atoms in total. The average Bonchev–Trinajstić information content (AvgIpc) is 3.10. The molecule has 1 aliphatic carbocycles. The lowest BCUT2D eigenvalue weighted by Crippen LogP contribution is -2.42. The summed E-state index contributed by atoms with van der Waals surface area (Å²) in [6.45, 7) is -0.0257. The molecule has 3 rings (SSSR count). The van der Waals surface area contributed by atoms with E-state index < -0.39 is 5.60 Å². The quantitative estimate of drug-likeness (QED) is 0.738. The molecule has 1 aliphatic heterocycles. The Morgan fingerprint density at radius 1 is 1.53 bits per heavy atom. The van der Waals surface area contributed by atoms with Crippen molar-refractivity contribution < 1.29 is 19.3 Å². The van der Waals surface area contributed by atoms with Gasteiger partial charge in [-0.1, -0.05) is 0 Å². The normalized spacial score (nSPS) is 34.3. The van der Waals surface area contributed by atoms with Crippen molar-refractivity contribution in [1.82, 2.24) is 0 Å². The third-order valence-corrected chi connectivity index (χ3v) is 4.98. The van der Waals surface area contributed by atoms with E-state index in [0.29, 0.717) is 25.0 Å². The molecule has 1 saturated carbocycles. The van der Waals surface area contributed by atoms with Crippen molar-refractivity contribution in [3.8, 4) is 5.75 Å². The minimum Gasteiger partial charge on any atom is -0.489 e. The van der Waals surface area contributed by atoms with E-state index in [0.717, 1.165) is 5.56 Å². The van der Waals surface area contributed by atoms with Crippen LogP contribution in [0.4, 0.5) is 4.39 Å². The van der Waals surface area contributed by atoms with Crippen LogP contribution in [0.15, 0.2) is 18.2 Å². The van der Waals surface area contributed by atoms with Gasteiger partial charge in [0.2, 0.25) is 0 Å². The smallest absolute Gasteiger partial charge is 0.123 e. The molecule has 0 bridgehead atoms. The van der Waals surface area contributed by atoms with E-state index in [2.05, 4.69) is 12.6 Å². The molecule has 2 aliphatic rings. The van der Waals surface area contributed by atoms with E-state index >= 15 is 0 Å². The molecule has 2 unspecified atom stereocenters. The minimum absolute atomic E-state index is 0.0257. The summed E-state index contributed by atoms with van der Waals surface area (Å²) in [4.78, 5) is 0. The molecule has 0 aromatic heterocycles. The van der Waals surface area contributed by atoms with Gasteiger partial charge < -0.3 is 14.9 Å². The number of aliphatic hydroxyl groups is 2. The number of aryl methyl sites for hydroxylation is 1. The molecule has 0 radical (unpaired) electrons. The maximum Gasteiger partial charge on any atom is 0.123 e. The number of aliphatic hydroxyl groups excluding tert-OH is 1. The molecule has 0 saturated heterocycles. The largest absolute Gasteiger partial charge is 0.489 e. The molecule has 4 atom stereocenters. The van der Waals surface area contributed by atoms with Crippen LogP contribution in [-0.4, -0.2) is 33.8 Å². The Bertz CT molecular complexity index is 496. The van der Waals surface area contributed by atoms with Gasteiger partial charge in [-0.2, -0.15) is 12.6 Å². The predicted octanol–water partition coefficient (Wildman–Crippen LogP) is 1.56. The molecule has 1 aromatic carbocycles. The van der Waals surface area contributed by atoms with Crippen molar-refractivity contribution in [3.63, 3.8) is 0 Å². The fourth-order valence-corrected chi connectivity index (χ4v) is 3.37. The number of fused-ring (bicyclic) bond motifs is 1. The fraction of sp³-hybridized carbons (Fsp3) is 0.571. The third-order valence-electron chi connectivity index (χ3n) is 4.20. The summed E-state index contributed by atoms with van der Waals surface area (Å²) < 4.78 is 18.9. The van der Waals surface area contributed by atoms with Crippen LogP contribution in [0.5, 0.6) is 5.75 Å². The van der Waals surface area contributed by atoms with Gasteiger partial charge in [-0.15, -0.1) is 0 Å². The summed E-state index contributed by atoms with van der Waals surface area (Å²) in [5.74, 6) is 0.305. The summed E-state index contributed by atoms with van der Waals surface area (Å²) in [7, 11) is 0. The standard InChI is InChI=1S/C14H17FO3S/c15-10-2-4-11-8(5-10)1-3-12(18-11)13(19)14(17)6-9(14)7-16/h2,4-5,9,12-13,16-17,19H,1,3,6-7H2/t9?,12-,13?,14-/m0/s1. The summed E-state index contributed by atoms with van der Waals surface area (Å²) in [5, 5.41) is 19.1. The molecular formula is C14H17FO3S. The predicted molar refractivity (Wildman–Crippen MR) is 72.1 cm³/mol. The highest BCUT2D eigenvalue weighted by Crippen LogP contribution is 2.50. The van der Waals surface area contributed by atoms with Gasteiger partial charge in [0.25, 0.3) is 0 Å². The van der Waals surface area contributed by atoms with Crippen LogP contribution in [0.1, 0.15) is 18.4 Å². The van der Waals surface area contributed by atoms with E-state index in [1.54, 1.807) is 6.07 Å². The van der Waals surface area contributed by atoms with Crippen molar-refractivity contribution in [2.75, 3.05) is 6.61 Å². The minimum atomic E-state index is -0.930. The van der Waals surface area contributed by atoms with Crippen LogP contribution in [0.2, 0.25) is 0 Å². The van der Waals surface area contributed by atoms with Gasteiger partial charge >= 0.3 is 0 Å². The Morgan fingerprint density at radius 3 is 3.00 bits per heavy atom. The summed E-state index contributed by atoms with van der Waals surface area (Å²) in [6, 6.07) is 4.48. The highest BCUT2D eigenvalue weighted by atomic mass is 32.1. The first-order valence-electron chi connectivity index (χ1n) is 6.51. The van der Waals surface area contributed by atoms with E-state index in [1.807, 2.05) is 0 Å². The lowest BCUT2D eigenvalue weighted by atomic mass is 9.96. The molecule has 19 heavy (non-hydrogen) atoms. The van der Waals surface area contributed by atoms with Crippen LogP contribution in [0.25, 0.3) is 0 Å². The van der Waals surface area contributed by atoms with Crippen LogP contribution in [-0.2, 0) is 6.42 Å². The first-order chi connectivity index (χ1) is 9.04. The van der Waals surface area contributed by atoms with Crippen molar-refractivity contribution in [3.05, 3.63) is 29.6 Å². The van der Waals surface area contributed by atoms with Gasteiger partial charge in [0, 0.05) is 12.5 Å². The summed E-state index contributed by atoms with van der Waals surface area (Å²) >= 11 is 4.48. The topological polar surface area (TPSA) is 49.7 Å². The van der Waals surface area contributed by atoms with Gasteiger partial charge in [-0.25, -0.2) is 4.39 Å². The zero-order valence-corrected chi connectivity index (χ0v) is 11.3. The van der Waals surface area contributed by atoms with Crippen LogP contribution >= 0.6 is 12.6 Å². The highest BCUT2D eigenvalue weighted by molar-refractivity contribution is 7.81. The number of ether oxygens (including phenoxy) is 1. The zero-order chi connectivity index (χ0) is 13.6. The second-order valence-electron chi connectivity index (χ2n) is 5.47. The number of hydrogen-bond donors (Lipinski definition) is 3.